The fourth-order valence-corrected chi connectivity index (χ4v) is 2.90. The number of aromatic nitrogens is 1. The molecular formula is C12H19N3O3S. The van der Waals surface area contributed by atoms with Crippen LogP contribution in [0.1, 0.15) is 42.6 Å². The number of nitrogens with two attached hydrogens (primary N) is 1. The molecule has 0 saturated heterocycles. The van der Waals surface area contributed by atoms with Gasteiger partial charge in [-0.15, -0.1) is 0 Å². The fourth-order valence-electron chi connectivity index (χ4n) is 2.39. The van der Waals surface area contributed by atoms with Crippen molar-refractivity contribution >= 4 is 15.9 Å². The molecule has 1 aliphatic rings. The third-order valence-electron chi connectivity index (χ3n) is 3.51. The average molecular weight is 285 g/mol. The summed E-state index contributed by atoms with van der Waals surface area (Å²) in [6.07, 6.45) is 7.24. The molecule has 6 nitrogen and oxygen atoms in total. The van der Waals surface area contributed by atoms with E-state index in [1.54, 1.807) is 0 Å². The van der Waals surface area contributed by atoms with E-state index >= 15 is 0 Å². The lowest BCUT2D eigenvalue weighted by Gasteiger charge is -2.21. The van der Waals surface area contributed by atoms with Gasteiger partial charge in [0, 0.05) is 12.7 Å². The van der Waals surface area contributed by atoms with Gasteiger partial charge in [-0.2, -0.15) is 0 Å². The molecule has 1 aromatic rings. The number of nitrogens with one attached hydrogen (secondary N) is 2. The molecule has 0 aliphatic heterocycles. The maximum Gasteiger partial charge on any atom is 0.267 e. The number of aromatic amines is 1. The van der Waals surface area contributed by atoms with Crippen LogP contribution in [-0.4, -0.2) is 25.9 Å². The number of primary sulfonamides is 1. The molecule has 0 aromatic carbocycles. The standard InChI is InChI=1S/C12H19N3O3S/c13-19(17,18)10-6-11(14-8-10)12(16)15-7-9-4-2-1-3-5-9/h6,8-9,14H,1-5,7H2,(H,15,16)(H2,13,17,18). The highest BCUT2D eigenvalue weighted by molar-refractivity contribution is 7.89. The molecule has 1 aliphatic carbocycles. The predicted octanol–water partition coefficient (Wildman–Crippen LogP) is 0.972. The van der Waals surface area contributed by atoms with Crippen molar-refractivity contribution in [3.05, 3.63) is 18.0 Å². The number of carbonyl (C=O) groups excluding carboxylic acids is 1. The average Bonchev–Trinajstić information content (AvgIpc) is 2.87. The Balaban J connectivity index is 1.91. The highest BCUT2D eigenvalue weighted by Crippen LogP contribution is 2.22. The van der Waals surface area contributed by atoms with Gasteiger partial charge >= 0.3 is 0 Å². The summed E-state index contributed by atoms with van der Waals surface area (Å²) in [5.41, 5.74) is 0.222. The van der Waals surface area contributed by atoms with Crippen LogP contribution in [-0.2, 0) is 10.0 Å². The Kier molecular flexibility index (Phi) is 4.26. The smallest absolute Gasteiger partial charge is 0.267 e. The summed E-state index contributed by atoms with van der Waals surface area (Å²) < 4.78 is 22.2. The van der Waals surface area contributed by atoms with Gasteiger partial charge in [-0.05, 0) is 24.8 Å². The first-order valence-corrected chi connectivity index (χ1v) is 8.01. The van der Waals surface area contributed by atoms with Gasteiger partial charge in [0.1, 0.15) is 5.69 Å². The van der Waals surface area contributed by atoms with Crippen LogP contribution in [0.15, 0.2) is 17.2 Å². The fraction of sp³-hybridized carbons (Fsp3) is 0.583. The molecule has 1 aromatic heterocycles. The lowest BCUT2D eigenvalue weighted by atomic mass is 9.89. The first-order chi connectivity index (χ1) is 8.97. The van der Waals surface area contributed by atoms with E-state index in [1.807, 2.05) is 0 Å². The topological polar surface area (TPSA) is 105 Å². The number of hydrogen-bond acceptors (Lipinski definition) is 3. The lowest BCUT2D eigenvalue weighted by Crippen LogP contribution is -2.30. The summed E-state index contributed by atoms with van der Waals surface area (Å²) >= 11 is 0. The zero-order valence-corrected chi connectivity index (χ0v) is 11.5. The van der Waals surface area contributed by atoms with Crippen molar-refractivity contribution in [2.75, 3.05) is 6.54 Å². The van der Waals surface area contributed by atoms with Crippen LogP contribution in [0.5, 0.6) is 0 Å². The van der Waals surface area contributed by atoms with Crippen molar-refractivity contribution in [3.8, 4) is 0 Å². The van der Waals surface area contributed by atoms with E-state index in [1.165, 1.54) is 31.5 Å². The van der Waals surface area contributed by atoms with Crippen molar-refractivity contribution in [2.24, 2.45) is 11.1 Å². The van der Waals surface area contributed by atoms with Gasteiger partial charge in [0.05, 0.1) is 4.90 Å². The predicted molar refractivity (Wildman–Crippen MR) is 71.1 cm³/mol. The minimum Gasteiger partial charge on any atom is -0.356 e. The molecule has 106 valence electrons. The summed E-state index contributed by atoms with van der Waals surface area (Å²) in [7, 11) is -3.76. The minimum atomic E-state index is -3.76. The lowest BCUT2D eigenvalue weighted by molar-refractivity contribution is 0.0939. The Morgan fingerprint density at radius 1 is 1.37 bits per heavy atom. The molecule has 2 rings (SSSR count). The van der Waals surface area contributed by atoms with E-state index < -0.39 is 10.0 Å². The molecule has 0 radical (unpaired) electrons. The zero-order chi connectivity index (χ0) is 13.9. The first kappa shape index (κ1) is 14.1. The Morgan fingerprint density at radius 3 is 2.63 bits per heavy atom. The molecule has 1 heterocycles. The SMILES string of the molecule is NS(=O)(=O)c1c[nH]c(C(=O)NCC2CCCCC2)c1. The van der Waals surface area contributed by atoms with Gasteiger partial charge in [-0.25, -0.2) is 13.6 Å². The van der Waals surface area contributed by atoms with Crippen LogP contribution in [0, 0.1) is 5.92 Å². The highest BCUT2D eigenvalue weighted by atomic mass is 32.2. The summed E-state index contributed by atoms with van der Waals surface area (Å²) in [5, 5.41) is 7.81. The molecular weight excluding hydrogens is 266 g/mol. The normalized spacial score (nSPS) is 17.3. The third-order valence-corrected chi connectivity index (χ3v) is 4.40. The Labute approximate surface area is 112 Å². The van der Waals surface area contributed by atoms with Gasteiger partial charge < -0.3 is 10.3 Å². The molecule has 1 amide bonds. The van der Waals surface area contributed by atoms with Crippen molar-refractivity contribution < 1.29 is 13.2 Å². The summed E-state index contributed by atoms with van der Waals surface area (Å²) in [5.74, 6) is 0.242. The van der Waals surface area contributed by atoms with Gasteiger partial charge in [-0.3, -0.25) is 4.79 Å². The van der Waals surface area contributed by atoms with E-state index in [9.17, 15) is 13.2 Å². The Hall–Kier alpha value is -1.34. The Morgan fingerprint density at radius 2 is 2.05 bits per heavy atom. The molecule has 19 heavy (non-hydrogen) atoms. The number of hydrogen-bond donors (Lipinski definition) is 3. The van der Waals surface area contributed by atoms with Crippen molar-refractivity contribution in [1.82, 2.24) is 10.3 Å². The zero-order valence-electron chi connectivity index (χ0n) is 10.7. The second-order valence-corrected chi connectivity index (χ2v) is 6.57. The quantitative estimate of drug-likeness (QED) is 0.767. The second-order valence-electron chi connectivity index (χ2n) is 5.01. The highest BCUT2D eigenvalue weighted by Gasteiger charge is 2.17. The number of sulfonamides is 1. The van der Waals surface area contributed by atoms with Gasteiger partial charge in [0.2, 0.25) is 10.0 Å². The molecule has 0 spiro atoms. The number of rotatable bonds is 4. The van der Waals surface area contributed by atoms with Crippen molar-refractivity contribution in [1.29, 1.82) is 0 Å². The van der Waals surface area contributed by atoms with Crippen LogP contribution in [0.4, 0.5) is 0 Å². The van der Waals surface area contributed by atoms with Crippen molar-refractivity contribution in [3.63, 3.8) is 0 Å². The van der Waals surface area contributed by atoms with Crippen LogP contribution in [0.3, 0.4) is 0 Å². The van der Waals surface area contributed by atoms with Crippen LogP contribution in [0.25, 0.3) is 0 Å². The van der Waals surface area contributed by atoms with E-state index in [4.69, 9.17) is 5.14 Å². The number of amides is 1. The molecule has 4 N–H and O–H groups in total. The molecule has 1 saturated carbocycles. The van der Waals surface area contributed by atoms with Crippen LogP contribution < -0.4 is 10.5 Å². The largest absolute Gasteiger partial charge is 0.356 e. The second kappa shape index (κ2) is 5.75. The third kappa shape index (κ3) is 3.81. The monoisotopic (exact) mass is 285 g/mol. The minimum absolute atomic E-state index is 0.0738. The first-order valence-electron chi connectivity index (χ1n) is 6.46. The maximum atomic E-state index is 11.8. The van der Waals surface area contributed by atoms with Crippen LogP contribution in [0.2, 0.25) is 0 Å². The van der Waals surface area contributed by atoms with Gasteiger partial charge in [-0.1, -0.05) is 19.3 Å². The van der Waals surface area contributed by atoms with E-state index in [0.717, 1.165) is 12.8 Å². The Bertz CT molecular complexity index is 544. The van der Waals surface area contributed by atoms with Gasteiger partial charge in [0.15, 0.2) is 0 Å². The maximum absolute atomic E-state index is 11.8. The van der Waals surface area contributed by atoms with Crippen molar-refractivity contribution in [2.45, 2.75) is 37.0 Å². The molecule has 1 fully saturated rings. The summed E-state index contributed by atoms with van der Waals surface area (Å²) in [4.78, 5) is 14.4. The van der Waals surface area contributed by atoms with E-state index in [-0.39, 0.29) is 16.5 Å². The van der Waals surface area contributed by atoms with Gasteiger partial charge in [0.25, 0.3) is 5.91 Å². The van der Waals surface area contributed by atoms with Crippen LogP contribution >= 0.6 is 0 Å². The number of H-pyrrole nitrogens is 1. The van der Waals surface area contributed by atoms with E-state index in [0.29, 0.717) is 12.5 Å². The molecule has 0 bridgehead atoms. The molecule has 0 atom stereocenters. The summed E-state index contributed by atoms with van der Waals surface area (Å²) in [6, 6.07) is 1.26. The number of carbonyl (C=O) groups is 1. The van der Waals surface area contributed by atoms with E-state index in [2.05, 4.69) is 10.3 Å². The molecule has 7 heteroatoms. The summed E-state index contributed by atoms with van der Waals surface area (Å²) in [6.45, 7) is 0.641. The molecule has 0 unspecified atom stereocenters.